The molecule has 6 heteroatoms. The second kappa shape index (κ2) is 6.50. The first kappa shape index (κ1) is 18.0. The SMILES string of the molecule is CCOC(=O)CCc1ccc2oc(B3OC(C)(C)C(C)(C)O3)cc2c1. The highest BCUT2D eigenvalue weighted by Crippen LogP contribution is 2.36. The lowest BCUT2D eigenvalue weighted by Gasteiger charge is -2.32. The maximum absolute atomic E-state index is 11.5. The predicted molar refractivity (Wildman–Crippen MR) is 96.9 cm³/mol. The van der Waals surface area contributed by atoms with Gasteiger partial charge in [0.1, 0.15) is 11.2 Å². The van der Waals surface area contributed by atoms with Gasteiger partial charge in [0, 0.05) is 11.8 Å². The highest BCUT2D eigenvalue weighted by atomic mass is 16.7. The molecule has 5 nitrogen and oxygen atoms in total. The van der Waals surface area contributed by atoms with Gasteiger partial charge in [-0.05, 0) is 64.8 Å². The van der Waals surface area contributed by atoms with Gasteiger partial charge in [-0.15, -0.1) is 0 Å². The standard InChI is InChI=1S/C19H25BO5/c1-6-22-17(21)10-8-13-7-9-15-14(11-13)12-16(23-15)20-24-18(2,3)19(4,5)25-20/h7,9,11-12H,6,8,10H2,1-5H3. The lowest BCUT2D eigenvalue weighted by molar-refractivity contribution is -0.143. The van der Waals surface area contributed by atoms with Crippen LogP contribution < -0.4 is 5.66 Å². The fourth-order valence-corrected chi connectivity index (χ4v) is 2.82. The van der Waals surface area contributed by atoms with E-state index in [4.69, 9.17) is 18.5 Å². The number of benzene rings is 1. The Bertz CT molecular complexity index is 761. The summed E-state index contributed by atoms with van der Waals surface area (Å²) >= 11 is 0. The predicted octanol–water partition coefficient (Wildman–Crippen LogP) is 3.23. The molecule has 0 amide bonds. The zero-order valence-electron chi connectivity index (χ0n) is 15.5. The molecule has 0 atom stereocenters. The van der Waals surface area contributed by atoms with Crippen LogP contribution in [-0.2, 0) is 25.3 Å². The van der Waals surface area contributed by atoms with Crippen molar-refractivity contribution in [1.82, 2.24) is 0 Å². The van der Waals surface area contributed by atoms with Gasteiger partial charge in [0.25, 0.3) is 0 Å². The summed E-state index contributed by atoms with van der Waals surface area (Å²) in [6.45, 7) is 10.3. The molecule has 0 saturated carbocycles. The molecule has 1 aromatic carbocycles. The zero-order valence-corrected chi connectivity index (χ0v) is 15.5. The third-order valence-corrected chi connectivity index (χ3v) is 5.01. The summed E-state index contributed by atoms with van der Waals surface area (Å²) in [6.07, 6.45) is 1.02. The third kappa shape index (κ3) is 3.60. The maximum Gasteiger partial charge on any atom is 0.532 e. The molecular formula is C19H25BO5. The second-order valence-corrected chi connectivity index (χ2v) is 7.41. The van der Waals surface area contributed by atoms with Gasteiger partial charge in [0.05, 0.1) is 17.8 Å². The number of ether oxygens (including phenoxy) is 1. The van der Waals surface area contributed by atoms with Crippen LogP contribution in [0.4, 0.5) is 0 Å². The molecule has 1 aliphatic heterocycles. The third-order valence-electron chi connectivity index (χ3n) is 5.01. The van der Waals surface area contributed by atoms with Crippen molar-refractivity contribution in [2.24, 2.45) is 0 Å². The minimum atomic E-state index is -0.514. The molecule has 0 bridgehead atoms. The van der Waals surface area contributed by atoms with E-state index >= 15 is 0 Å². The van der Waals surface area contributed by atoms with E-state index in [1.54, 1.807) is 0 Å². The number of hydrogen-bond acceptors (Lipinski definition) is 5. The first-order chi connectivity index (χ1) is 11.7. The molecule has 0 aliphatic carbocycles. The van der Waals surface area contributed by atoms with Gasteiger partial charge in [0.2, 0.25) is 0 Å². The normalized spacial score (nSPS) is 18.7. The average Bonchev–Trinajstić information content (AvgIpc) is 3.03. The number of furan rings is 1. The summed E-state index contributed by atoms with van der Waals surface area (Å²) in [5.41, 5.74) is 1.71. The Morgan fingerprint density at radius 3 is 2.44 bits per heavy atom. The van der Waals surface area contributed by atoms with Crippen molar-refractivity contribution in [2.75, 3.05) is 6.61 Å². The highest BCUT2D eigenvalue weighted by Gasteiger charge is 2.53. The van der Waals surface area contributed by atoms with Gasteiger partial charge >= 0.3 is 13.1 Å². The average molecular weight is 344 g/mol. The molecule has 1 saturated heterocycles. The Kier molecular flexibility index (Phi) is 4.69. The fraction of sp³-hybridized carbons (Fsp3) is 0.526. The van der Waals surface area contributed by atoms with Crippen molar-refractivity contribution in [1.29, 1.82) is 0 Å². The van der Waals surface area contributed by atoms with Crippen LogP contribution in [0.1, 0.15) is 46.6 Å². The van der Waals surface area contributed by atoms with Crippen molar-refractivity contribution in [2.45, 2.75) is 58.7 Å². The second-order valence-electron chi connectivity index (χ2n) is 7.41. The topological polar surface area (TPSA) is 57.9 Å². The number of esters is 1. The largest absolute Gasteiger partial charge is 0.532 e. The van der Waals surface area contributed by atoms with Crippen LogP contribution in [0.2, 0.25) is 0 Å². The van der Waals surface area contributed by atoms with Crippen molar-refractivity contribution in [3.05, 3.63) is 29.8 Å². The van der Waals surface area contributed by atoms with E-state index in [1.165, 1.54) is 0 Å². The smallest absolute Gasteiger partial charge is 0.466 e. The molecule has 2 aromatic rings. The van der Waals surface area contributed by atoms with E-state index in [2.05, 4.69) is 0 Å². The van der Waals surface area contributed by atoms with Gasteiger partial charge in [-0.3, -0.25) is 4.79 Å². The molecule has 0 N–H and O–H groups in total. The quantitative estimate of drug-likeness (QED) is 0.616. The number of carbonyl (C=O) groups excluding carboxylic acids is 1. The number of fused-ring (bicyclic) bond motifs is 1. The summed E-state index contributed by atoms with van der Waals surface area (Å²) in [4.78, 5) is 11.5. The molecule has 3 rings (SSSR count). The lowest BCUT2D eigenvalue weighted by atomic mass is 9.86. The number of rotatable bonds is 5. The van der Waals surface area contributed by atoms with E-state index < -0.39 is 18.3 Å². The van der Waals surface area contributed by atoms with E-state index in [-0.39, 0.29) is 5.97 Å². The number of hydrogen-bond donors (Lipinski definition) is 0. The molecule has 2 heterocycles. The summed E-state index contributed by atoms with van der Waals surface area (Å²) in [5.74, 6) is -0.173. The first-order valence-electron chi connectivity index (χ1n) is 8.75. The summed E-state index contributed by atoms with van der Waals surface area (Å²) in [7, 11) is -0.514. The Labute approximate surface area is 148 Å². The van der Waals surface area contributed by atoms with Crippen molar-refractivity contribution >= 4 is 29.7 Å². The Morgan fingerprint density at radius 2 is 1.80 bits per heavy atom. The molecular weight excluding hydrogens is 319 g/mol. The number of carbonyl (C=O) groups is 1. The van der Waals surface area contributed by atoms with E-state index in [0.29, 0.717) is 25.1 Å². The van der Waals surface area contributed by atoms with Gasteiger partial charge in [0.15, 0.2) is 0 Å². The molecule has 0 unspecified atom stereocenters. The zero-order chi connectivity index (χ0) is 18.2. The van der Waals surface area contributed by atoms with Crippen LogP contribution in [-0.4, -0.2) is 30.9 Å². The van der Waals surface area contributed by atoms with Crippen LogP contribution in [0, 0.1) is 0 Å². The molecule has 0 radical (unpaired) electrons. The van der Waals surface area contributed by atoms with Crippen LogP contribution in [0.15, 0.2) is 28.7 Å². The monoisotopic (exact) mass is 344 g/mol. The van der Waals surface area contributed by atoms with Crippen molar-refractivity contribution in [3.63, 3.8) is 0 Å². The van der Waals surface area contributed by atoms with Crippen molar-refractivity contribution in [3.8, 4) is 0 Å². The maximum atomic E-state index is 11.5. The molecule has 0 spiro atoms. The van der Waals surface area contributed by atoms with E-state index in [1.807, 2.05) is 58.9 Å². The molecule has 1 fully saturated rings. The fourth-order valence-electron chi connectivity index (χ4n) is 2.82. The van der Waals surface area contributed by atoms with E-state index in [9.17, 15) is 4.79 Å². The molecule has 1 aromatic heterocycles. The number of aryl methyl sites for hydroxylation is 1. The van der Waals surface area contributed by atoms with Crippen LogP contribution in [0.3, 0.4) is 0 Å². The molecule has 134 valence electrons. The molecule has 1 aliphatic rings. The molecule has 25 heavy (non-hydrogen) atoms. The first-order valence-corrected chi connectivity index (χ1v) is 8.75. The van der Waals surface area contributed by atoms with Crippen LogP contribution in [0.5, 0.6) is 0 Å². The highest BCUT2D eigenvalue weighted by molar-refractivity contribution is 6.61. The van der Waals surface area contributed by atoms with Gasteiger partial charge in [-0.2, -0.15) is 0 Å². The van der Waals surface area contributed by atoms with Crippen LogP contribution >= 0.6 is 0 Å². The van der Waals surface area contributed by atoms with Crippen LogP contribution in [0.25, 0.3) is 11.0 Å². The summed E-state index contributed by atoms with van der Waals surface area (Å²) < 4.78 is 23.0. The lowest BCUT2D eigenvalue weighted by Crippen LogP contribution is -2.41. The minimum Gasteiger partial charge on any atom is -0.466 e. The van der Waals surface area contributed by atoms with Crippen molar-refractivity contribution < 1.29 is 23.3 Å². The van der Waals surface area contributed by atoms with E-state index in [0.717, 1.165) is 16.5 Å². The Balaban J connectivity index is 1.76. The minimum absolute atomic E-state index is 0.173. The summed E-state index contributed by atoms with van der Waals surface area (Å²) in [6, 6.07) is 7.88. The summed E-state index contributed by atoms with van der Waals surface area (Å²) in [5, 5.41) is 0.978. The Morgan fingerprint density at radius 1 is 1.12 bits per heavy atom. The van der Waals surface area contributed by atoms with Gasteiger partial charge in [-0.1, -0.05) is 6.07 Å². The van der Waals surface area contributed by atoms with Gasteiger partial charge < -0.3 is 18.5 Å². The van der Waals surface area contributed by atoms with Gasteiger partial charge in [-0.25, -0.2) is 0 Å². The Hall–Kier alpha value is -1.79.